The van der Waals surface area contributed by atoms with Crippen molar-refractivity contribution in [3.05, 3.63) is 237 Å². The van der Waals surface area contributed by atoms with Crippen molar-refractivity contribution in [3.63, 3.8) is 0 Å². The standard InChI is InChI=1S/C66H39N5/c1-5-21-40(22-6-1)67(41-23-7-2-8-24-41)66-62-47-32-16-20-36-54(47)71-56-38-49-55(39-50(56)61(64(62)71)59-46-31-15-19-35-53(46)69(65(59)66)43-27-11-4-12-28-43)70-51-33-17-13-29-44(51)48-37-57-58(60(49)63(48)70)45-30-14-18-34-52(45)68(57)42-25-9-3-10-26-42/h1-39H. The molecule has 0 fully saturated rings. The summed E-state index contributed by atoms with van der Waals surface area (Å²) in [6, 6.07) is 87.4. The molecule has 0 spiro atoms. The van der Waals surface area contributed by atoms with Gasteiger partial charge >= 0.3 is 0 Å². The van der Waals surface area contributed by atoms with Gasteiger partial charge < -0.3 is 22.8 Å². The molecular weight excluding hydrogens is 863 g/mol. The molecule has 6 aromatic heterocycles. The fourth-order valence-electron chi connectivity index (χ4n) is 13.1. The molecule has 0 amide bonds. The van der Waals surface area contributed by atoms with Gasteiger partial charge in [-0.25, -0.2) is 0 Å². The summed E-state index contributed by atoms with van der Waals surface area (Å²) in [7, 11) is 0. The van der Waals surface area contributed by atoms with Crippen LogP contribution in [0.2, 0.25) is 0 Å². The van der Waals surface area contributed by atoms with E-state index in [1.807, 2.05) is 0 Å². The number of benzene rings is 11. The first-order valence-electron chi connectivity index (χ1n) is 24.5. The molecule has 17 rings (SSSR count). The largest absolute Gasteiger partial charge is 0.309 e. The molecule has 0 saturated heterocycles. The van der Waals surface area contributed by atoms with E-state index in [-0.39, 0.29) is 0 Å². The summed E-state index contributed by atoms with van der Waals surface area (Å²) in [5.41, 5.74) is 17.8. The second-order valence-corrected chi connectivity index (χ2v) is 19.2. The first-order chi connectivity index (χ1) is 35.3. The van der Waals surface area contributed by atoms with Crippen LogP contribution in [0.3, 0.4) is 0 Å². The van der Waals surface area contributed by atoms with Gasteiger partial charge in [-0.2, -0.15) is 0 Å². The lowest BCUT2D eigenvalue weighted by Crippen LogP contribution is -2.12. The zero-order valence-corrected chi connectivity index (χ0v) is 38.3. The maximum absolute atomic E-state index is 2.61. The van der Waals surface area contributed by atoms with E-state index in [1.165, 1.54) is 120 Å². The van der Waals surface area contributed by atoms with Crippen LogP contribution in [0.25, 0.3) is 131 Å². The number of rotatable bonds is 5. The molecule has 0 bridgehead atoms. The Balaban J connectivity index is 1.16. The van der Waals surface area contributed by atoms with Crippen LogP contribution in [0.15, 0.2) is 237 Å². The van der Waals surface area contributed by atoms with Gasteiger partial charge in [0.1, 0.15) is 0 Å². The molecule has 11 aromatic carbocycles. The lowest BCUT2D eigenvalue weighted by atomic mass is 9.97. The highest BCUT2D eigenvalue weighted by atomic mass is 15.2. The van der Waals surface area contributed by atoms with E-state index >= 15 is 0 Å². The Morgan fingerprint density at radius 3 is 1.23 bits per heavy atom. The van der Waals surface area contributed by atoms with Crippen molar-refractivity contribution in [2.24, 2.45) is 0 Å². The molecule has 0 saturated carbocycles. The van der Waals surface area contributed by atoms with Crippen LogP contribution >= 0.6 is 0 Å². The Morgan fingerprint density at radius 1 is 0.239 bits per heavy atom. The molecule has 6 heterocycles. The molecule has 0 aliphatic rings. The van der Waals surface area contributed by atoms with E-state index < -0.39 is 0 Å². The van der Waals surface area contributed by atoms with Gasteiger partial charge in [-0.15, -0.1) is 0 Å². The minimum atomic E-state index is 1.10. The van der Waals surface area contributed by atoms with Crippen molar-refractivity contribution >= 4 is 137 Å². The van der Waals surface area contributed by atoms with E-state index in [1.54, 1.807) is 0 Å². The predicted octanol–water partition coefficient (Wildman–Crippen LogP) is 17.7. The Bertz CT molecular complexity index is 4980. The van der Waals surface area contributed by atoms with Crippen LogP contribution < -0.4 is 4.90 Å². The maximum Gasteiger partial charge on any atom is 0.0810 e. The first-order valence-corrected chi connectivity index (χ1v) is 24.5. The summed E-state index contributed by atoms with van der Waals surface area (Å²) in [5, 5.41) is 15.1. The Kier molecular flexibility index (Phi) is 7.15. The molecule has 17 aromatic rings. The molecule has 0 unspecified atom stereocenters. The van der Waals surface area contributed by atoms with Gasteiger partial charge in [0.2, 0.25) is 0 Å². The normalized spacial score (nSPS) is 12.5. The molecular formula is C66H39N5. The van der Waals surface area contributed by atoms with E-state index in [4.69, 9.17) is 0 Å². The van der Waals surface area contributed by atoms with Gasteiger partial charge in [0.25, 0.3) is 0 Å². The van der Waals surface area contributed by atoms with Gasteiger partial charge in [0.15, 0.2) is 0 Å². The van der Waals surface area contributed by atoms with Gasteiger partial charge in [-0.3, -0.25) is 0 Å². The van der Waals surface area contributed by atoms with Crippen LogP contribution in [0.4, 0.5) is 17.1 Å². The summed E-state index contributed by atoms with van der Waals surface area (Å²) in [6.07, 6.45) is 0. The van der Waals surface area contributed by atoms with E-state index in [0.717, 1.165) is 28.4 Å². The van der Waals surface area contributed by atoms with Gasteiger partial charge in [0, 0.05) is 87.4 Å². The van der Waals surface area contributed by atoms with Crippen LogP contribution in [-0.2, 0) is 0 Å². The minimum Gasteiger partial charge on any atom is -0.309 e. The number of hydrogen-bond donors (Lipinski definition) is 0. The molecule has 5 heteroatoms. The minimum absolute atomic E-state index is 1.10. The van der Waals surface area contributed by atoms with Crippen LogP contribution in [-0.4, -0.2) is 17.9 Å². The highest BCUT2D eigenvalue weighted by molar-refractivity contribution is 6.43. The molecule has 0 aliphatic heterocycles. The number of aromatic nitrogens is 4. The summed E-state index contributed by atoms with van der Waals surface area (Å²) in [4.78, 5) is 2.51. The predicted molar refractivity (Wildman–Crippen MR) is 299 cm³/mol. The second kappa shape index (κ2) is 13.6. The van der Waals surface area contributed by atoms with Gasteiger partial charge in [-0.1, -0.05) is 146 Å². The third-order valence-corrected chi connectivity index (χ3v) is 15.7. The first kappa shape index (κ1) is 37.4. The molecule has 0 N–H and O–H groups in total. The molecule has 0 aliphatic carbocycles. The zero-order valence-electron chi connectivity index (χ0n) is 38.3. The van der Waals surface area contributed by atoms with Gasteiger partial charge in [-0.05, 0) is 91.0 Å². The van der Waals surface area contributed by atoms with Crippen molar-refractivity contribution < 1.29 is 0 Å². The van der Waals surface area contributed by atoms with Crippen LogP contribution in [0.1, 0.15) is 0 Å². The summed E-state index contributed by atoms with van der Waals surface area (Å²) in [6.45, 7) is 0. The highest BCUT2D eigenvalue weighted by Crippen LogP contribution is 2.56. The van der Waals surface area contributed by atoms with Crippen molar-refractivity contribution in [2.45, 2.75) is 0 Å². The Hall–Kier alpha value is -9.58. The quantitative estimate of drug-likeness (QED) is 0.169. The average molecular weight is 902 g/mol. The topological polar surface area (TPSA) is 21.9 Å². The summed E-state index contributed by atoms with van der Waals surface area (Å²) < 4.78 is 10.2. The number of nitrogens with zero attached hydrogens (tertiary/aromatic N) is 5. The third kappa shape index (κ3) is 4.66. The van der Waals surface area contributed by atoms with Crippen molar-refractivity contribution in [3.8, 4) is 11.4 Å². The van der Waals surface area contributed by atoms with E-state index in [0.29, 0.717) is 0 Å². The lowest BCUT2D eigenvalue weighted by molar-refractivity contribution is 1.17. The number of para-hydroxylation sites is 8. The third-order valence-electron chi connectivity index (χ3n) is 15.7. The number of hydrogen-bond acceptors (Lipinski definition) is 1. The highest BCUT2D eigenvalue weighted by Gasteiger charge is 2.33. The van der Waals surface area contributed by atoms with Crippen LogP contribution in [0, 0.1) is 0 Å². The molecule has 0 radical (unpaired) electrons. The van der Waals surface area contributed by atoms with Crippen molar-refractivity contribution in [2.75, 3.05) is 4.90 Å². The van der Waals surface area contributed by atoms with E-state index in [9.17, 15) is 0 Å². The van der Waals surface area contributed by atoms with Gasteiger partial charge in [0.05, 0.1) is 60.9 Å². The second-order valence-electron chi connectivity index (χ2n) is 19.2. The monoisotopic (exact) mass is 901 g/mol. The molecule has 328 valence electrons. The maximum atomic E-state index is 2.61. The number of anilines is 3. The Morgan fingerprint density at radius 2 is 0.634 bits per heavy atom. The zero-order chi connectivity index (χ0) is 46.1. The molecule has 71 heavy (non-hydrogen) atoms. The average Bonchev–Trinajstić information content (AvgIpc) is 4.30. The summed E-state index contributed by atoms with van der Waals surface area (Å²) in [5.74, 6) is 0. The van der Waals surface area contributed by atoms with Crippen molar-refractivity contribution in [1.82, 2.24) is 17.9 Å². The van der Waals surface area contributed by atoms with Crippen molar-refractivity contribution in [1.29, 1.82) is 0 Å². The fourth-order valence-corrected chi connectivity index (χ4v) is 13.1. The molecule has 5 nitrogen and oxygen atoms in total. The smallest absolute Gasteiger partial charge is 0.0810 e. The lowest BCUT2D eigenvalue weighted by Gasteiger charge is -2.28. The summed E-state index contributed by atoms with van der Waals surface area (Å²) >= 11 is 0. The number of fused-ring (bicyclic) bond motifs is 20. The SMILES string of the molecule is c1ccc(N(c2ccccc2)c2c3c4ccccc4n4c5cc6c7c8c9ccccc9n(-c9ccccc9)c8cc8c9ccccc9n(c6cc5c(c5c6ccccc6n(-c6ccccc6)c25)c34)c87)cc1. The fraction of sp³-hybridized carbons (Fsp3) is 0. The van der Waals surface area contributed by atoms with Crippen LogP contribution in [0.5, 0.6) is 0 Å². The van der Waals surface area contributed by atoms with E-state index in [2.05, 4.69) is 259 Å². The molecule has 0 atom stereocenters. The Labute approximate surface area is 405 Å².